The van der Waals surface area contributed by atoms with Crippen LogP contribution in [0.2, 0.25) is 0 Å². The topological polar surface area (TPSA) is 61.7 Å². The predicted molar refractivity (Wildman–Crippen MR) is 116 cm³/mol. The van der Waals surface area contributed by atoms with E-state index in [2.05, 4.69) is 25.7 Å². The molecule has 1 saturated heterocycles. The van der Waals surface area contributed by atoms with Gasteiger partial charge in [-0.05, 0) is 38.8 Å². The number of allylic oxidation sites excluding steroid dienone is 1. The van der Waals surface area contributed by atoms with Crippen LogP contribution in [-0.4, -0.2) is 37.0 Å². The van der Waals surface area contributed by atoms with Crippen molar-refractivity contribution >= 4 is 22.5 Å². The molecule has 0 unspecified atom stereocenters. The van der Waals surface area contributed by atoms with E-state index >= 15 is 0 Å². The number of benzene rings is 1. The van der Waals surface area contributed by atoms with E-state index in [4.69, 9.17) is 25.8 Å². The van der Waals surface area contributed by atoms with E-state index in [9.17, 15) is 4.79 Å². The van der Waals surface area contributed by atoms with Crippen molar-refractivity contribution < 1.29 is 14.2 Å². The summed E-state index contributed by atoms with van der Waals surface area (Å²) in [5.41, 5.74) is 1.16. The van der Waals surface area contributed by atoms with Crippen LogP contribution in [0.4, 0.5) is 0 Å². The van der Waals surface area contributed by atoms with Gasteiger partial charge in [-0.2, -0.15) is 0 Å². The Morgan fingerprint density at radius 2 is 2.00 bits per heavy atom. The molecule has 1 N–H and O–H groups in total. The highest BCUT2D eigenvalue weighted by atomic mass is 35.5. The van der Waals surface area contributed by atoms with Gasteiger partial charge in [-0.25, -0.2) is 0 Å². The van der Waals surface area contributed by atoms with E-state index in [-0.39, 0.29) is 17.7 Å². The molecule has 0 spiro atoms. The number of fused-ring (bicyclic) bond motifs is 1. The van der Waals surface area contributed by atoms with E-state index in [1.165, 1.54) is 0 Å². The number of hydrogen-bond acceptors (Lipinski definition) is 5. The number of aromatic nitrogens is 1. The van der Waals surface area contributed by atoms with Crippen molar-refractivity contribution in [2.75, 3.05) is 20.8 Å². The van der Waals surface area contributed by atoms with Crippen molar-refractivity contribution in [3.05, 3.63) is 45.7 Å². The van der Waals surface area contributed by atoms with E-state index < -0.39 is 0 Å². The molecule has 29 heavy (non-hydrogen) atoms. The molecule has 0 aliphatic carbocycles. The second-order valence-electron chi connectivity index (χ2n) is 8.02. The summed E-state index contributed by atoms with van der Waals surface area (Å²) >= 11 is 6.06. The number of pyridine rings is 1. The Morgan fingerprint density at radius 1 is 1.31 bits per heavy atom. The third kappa shape index (κ3) is 4.94. The molecular weight excluding hydrogens is 392 g/mol. The maximum Gasteiger partial charge on any atom is 0.255 e. The average Bonchev–Trinajstić information content (AvgIpc) is 2.67. The lowest BCUT2D eigenvalue weighted by Crippen LogP contribution is -2.44. The zero-order valence-electron chi connectivity index (χ0n) is 17.5. The molecular formula is C22H29ClN2O4. The van der Waals surface area contributed by atoms with Gasteiger partial charge in [0.1, 0.15) is 0 Å². The van der Waals surface area contributed by atoms with Gasteiger partial charge in [0.15, 0.2) is 11.5 Å². The second kappa shape index (κ2) is 8.78. The van der Waals surface area contributed by atoms with Crippen molar-refractivity contribution in [2.24, 2.45) is 0 Å². The van der Waals surface area contributed by atoms with Gasteiger partial charge < -0.3 is 24.1 Å². The first-order chi connectivity index (χ1) is 13.7. The number of nitrogens with one attached hydrogen (secondary N) is 1. The van der Waals surface area contributed by atoms with Gasteiger partial charge in [0.05, 0.1) is 31.9 Å². The van der Waals surface area contributed by atoms with Crippen LogP contribution in [0.5, 0.6) is 11.5 Å². The molecule has 0 bridgehead atoms. The van der Waals surface area contributed by atoms with Crippen molar-refractivity contribution in [3.8, 4) is 11.5 Å². The maximum atomic E-state index is 13.2. The van der Waals surface area contributed by atoms with Gasteiger partial charge in [0.2, 0.25) is 0 Å². The van der Waals surface area contributed by atoms with Gasteiger partial charge in [-0.15, -0.1) is 0 Å². The molecule has 1 aliphatic rings. The first kappa shape index (κ1) is 21.7. The highest BCUT2D eigenvalue weighted by Gasteiger charge is 2.28. The largest absolute Gasteiger partial charge is 0.493 e. The molecule has 3 rings (SSSR count). The van der Waals surface area contributed by atoms with E-state index in [0.29, 0.717) is 34.7 Å². The van der Waals surface area contributed by atoms with Crippen LogP contribution in [0, 0.1) is 0 Å². The maximum absolute atomic E-state index is 13.2. The Labute approximate surface area is 176 Å². The van der Waals surface area contributed by atoms with Gasteiger partial charge in [-0.1, -0.05) is 18.2 Å². The van der Waals surface area contributed by atoms with Crippen molar-refractivity contribution in [1.29, 1.82) is 0 Å². The summed E-state index contributed by atoms with van der Waals surface area (Å²) < 4.78 is 18.2. The van der Waals surface area contributed by atoms with Crippen LogP contribution in [0.15, 0.2) is 34.6 Å². The Bertz CT molecular complexity index is 967. The van der Waals surface area contributed by atoms with Crippen LogP contribution in [0.3, 0.4) is 0 Å². The Kier molecular flexibility index (Phi) is 6.56. The summed E-state index contributed by atoms with van der Waals surface area (Å²) in [5, 5.41) is 4.79. The predicted octanol–water partition coefficient (Wildman–Crippen LogP) is 3.82. The zero-order chi connectivity index (χ0) is 21.2. The smallest absolute Gasteiger partial charge is 0.255 e. The highest BCUT2D eigenvalue weighted by molar-refractivity contribution is 6.29. The average molecular weight is 421 g/mol. The Hall–Kier alpha value is -2.02. The number of halogens is 1. The Morgan fingerprint density at radius 3 is 2.62 bits per heavy atom. The fourth-order valence-electron chi connectivity index (χ4n) is 3.88. The number of rotatable bonds is 7. The minimum Gasteiger partial charge on any atom is -0.493 e. The van der Waals surface area contributed by atoms with Gasteiger partial charge in [0.25, 0.3) is 5.56 Å². The molecule has 0 saturated carbocycles. The number of ether oxygens (including phenoxy) is 3. The summed E-state index contributed by atoms with van der Waals surface area (Å²) in [6, 6.07) is 5.89. The quantitative estimate of drug-likeness (QED) is 0.737. The summed E-state index contributed by atoms with van der Waals surface area (Å²) in [4.78, 5) is 13.2. The molecule has 2 aromatic rings. The molecule has 6 nitrogen and oxygen atoms in total. The van der Waals surface area contributed by atoms with Gasteiger partial charge >= 0.3 is 0 Å². The number of hydrogen-bond donors (Lipinski definition) is 1. The summed E-state index contributed by atoms with van der Waals surface area (Å²) in [6.45, 7) is 9.36. The first-order valence-corrected chi connectivity index (χ1v) is 10.1. The molecule has 1 aromatic heterocycles. The minimum absolute atomic E-state index is 0.0923. The minimum atomic E-state index is -0.153. The van der Waals surface area contributed by atoms with Crippen LogP contribution in [0.25, 0.3) is 10.9 Å². The van der Waals surface area contributed by atoms with E-state index in [1.807, 2.05) is 12.1 Å². The SMILES string of the molecule is C=C(Cl)Cn1c(=O)c(CN[C@@H]2CCOC(C)(C)C2)cc2cc(OC)c(OC)cc21. The lowest BCUT2D eigenvalue weighted by Gasteiger charge is -2.36. The second-order valence-corrected chi connectivity index (χ2v) is 8.56. The lowest BCUT2D eigenvalue weighted by molar-refractivity contribution is -0.0630. The summed E-state index contributed by atoms with van der Waals surface area (Å²) in [6.07, 6.45) is 1.83. The summed E-state index contributed by atoms with van der Waals surface area (Å²) in [5.74, 6) is 1.17. The summed E-state index contributed by atoms with van der Waals surface area (Å²) in [7, 11) is 3.16. The van der Waals surface area contributed by atoms with Gasteiger partial charge in [-0.3, -0.25) is 4.79 Å². The molecule has 0 radical (unpaired) electrons. The monoisotopic (exact) mass is 420 g/mol. The molecule has 1 atom stereocenters. The molecule has 7 heteroatoms. The van der Waals surface area contributed by atoms with E-state index in [0.717, 1.165) is 30.4 Å². The molecule has 1 aliphatic heterocycles. The molecule has 2 heterocycles. The van der Waals surface area contributed by atoms with Crippen LogP contribution >= 0.6 is 11.6 Å². The van der Waals surface area contributed by atoms with E-state index in [1.54, 1.807) is 24.9 Å². The normalized spacial score (nSPS) is 18.6. The first-order valence-electron chi connectivity index (χ1n) is 9.73. The van der Waals surface area contributed by atoms with Crippen molar-refractivity contribution in [1.82, 2.24) is 9.88 Å². The van der Waals surface area contributed by atoms with Crippen LogP contribution in [0.1, 0.15) is 32.3 Å². The third-order valence-corrected chi connectivity index (χ3v) is 5.40. The van der Waals surface area contributed by atoms with Gasteiger partial charge in [0, 0.05) is 41.2 Å². The molecule has 0 amide bonds. The van der Waals surface area contributed by atoms with Crippen LogP contribution in [-0.2, 0) is 17.8 Å². The Balaban J connectivity index is 1.99. The fourth-order valence-corrected chi connectivity index (χ4v) is 4.00. The fraction of sp³-hybridized carbons (Fsp3) is 0.500. The standard InChI is InChI=1S/C22H29ClN2O4/c1-14(23)13-25-18-10-20(28-5)19(27-4)9-15(18)8-16(21(25)26)12-24-17-6-7-29-22(2,3)11-17/h8-10,17,24H,1,6-7,11-13H2,2-5H3/t17-/m1/s1. The third-order valence-electron chi connectivity index (χ3n) is 5.28. The number of nitrogens with zero attached hydrogens (tertiary/aromatic N) is 1. The molecule has 1 fully saturated rings. The molecule has 158 valence electrons. The number of methoxy groups -OCH3 is 2. The van der Waals surface area contributed by atoms with Crippen molar-refractivity contribution in [2.45, 2.75) is 51.4 Å². The zero-order valence-corrected chi connectivity index (χ0v) is 18.3. The highest BCUT2D eigenvalue weighted by Crippen LogP contribution is 2.32. The molecule has 1 aromatic carbocycles. The van der Waals surface area contributed by atoms with Crippen LogP contribution < -0.4 is 20.3 Å². The lowest BCUT2D eigenvalue weighted by atomic mass is 9.94. The van der Waals surface area contributed by atoms with Crippen molar-refractivity contribution in [3.63, 3.8) is 0 Å².